The van der Waals surface area contributed by atoms with Crippen LogP contribution in [0.4, 0.5) is 17.1 Å². The van der Waals surface area contributed by atoms with Gasteiger partial charge in [0.2, 0.25) is 5.91 Å². The Labute approximate surface area is 123 Å². The van der Waals surface area contributed by atoms with E-state index in [9.17, 15) is 4.79 Å². The van der Waals surface area contributed by atoms with Crippen molar-refractivity contribution >= 4 is 23.0 Å². The quantitative estimate of drug-likeness (QED) is 0.875. The molecule has 0 radical (unpaired) electrons. The third-order valence-corrected chi connectivity index (χ3v) is 2.99. The van der Waals surface area contributed by atoms with Crippen LogP contribution < -0.4 is 20.7 Å². The van der Waals surface area contributed by atoms with Crippen molar-refractivity contribution in [3.8, 4) is 5.75 Å². The number of benzene rings is 1. The van der Waals surface area contributed by atoms with E-state index in [2.05, 4.69) is 10.3 Å². The highest BCUT2D eigenvalue weighted by Gasteiger charge is 2.10. The third kappa shape index (κ3) is 3.85. The molecule has 21 heavy (non-hydrogen) atoms. The number of likely N-dealkylation sites (N-methyl/N-ethyl adjacent to an activating group) is 1. The number of aromatic nitrogens is 1. The predicted molar refractivity (Wildman–Crippen MR) is 83.5 cm³/mol. The van der Waals surface area contributed by atoms with Crippen molar-refractivity contribution in [2.75, 3.05) is 36.7 Å². The predicted octanol–water partition coefficient (Wildman–Crippen LogP) is 1.75. The first-order chi connectivity index (χ1) is 10.1. The number of carbonyl (C=O) groups excluding carboxylic acids is 1. The van der Waals surface area contributed by atoms with Crippen LogP contribution in [0.5, 0.6) is 5.75 Å². The second-order valence-electron chi connectivity index (χ2n) is 4.57. The third-order valence-electron chi connectivity index (χ3n) is 2.99. The Morgan fingerprint density at radius 2 is 2.05 bits per heavy atom. The van der Waals surface area contributed by atoms with E-state index in [0.29, 0.717) is 5.69 Å². The van der Waals surface area contributed by atoms with E-state index in [-0.39, 0.29) is 12.5 Å². The zero-order valence-electron chi connectivity index (χ0n) is 12.0. The van der Waals surface area contributed by atoms with Gasteiger partial charge in [0, 0.05) is 18.9 Å². The molecule has 0 aliphatic rings. The summed E-state index contributed by atoms with van der Waals surface area (Å²) in [7, 11) is 3.40. The molecule has 1 aromatic carbocycles. The van der Waals surface area contributed by atoms with Crippen molar-refractivity contribution in [3.05, 3.63) is 42.7 Å². The van der Waals surface area contributed by atoms with Crippen LogP contribution in [0.3, 0.4) is 0 Å². The first kappa shape index (κ1) is 14.6. The summed E-state index contributed by atoms with van der Waals surface area (Å²) < 4.78 is 5.07. The molecule has 0 spiro atoms. The van der Waals surface area contributed by atoms with E-state index in [0.717, 1.165) is 17.1 Å². The lowest BCUT2D eigenvalue weighted by Gasteiger charge is -2.20. The second kappa shape index (κ2) is 6.60. The molecule has 0 bridgehead atoms. The number of carbonyl (C=O) groups is 1. The van der Waals surface area contributed by atoms with Gasteiger partial charge in [-0.15, -0.1) is 0 Å². The van der Waals surface area contributed by atoms with Crippen molar-refractivity contribution in [2.24, 2.45) is 0 Å². The normalized spacial score (nSPS) is 10.0. The summed E-state index contributed by atoms with van der Waals surface area (Å²) in [4.78, 5) is 17.7. The van der Waals surface area contributed by atoms with Gasteiger partial charge >= 0.3 is 0 Å². The van der Waals surface area contributed by atoms with Crippen LogP contribution in [0.15, 0.2) is 42.7 Å². The second-order valence-corrected chi connectivity index (χ2v) is 4.57. The van der Waals surface area contributed by atoms with Crippen molar-refractivity contribution < 1.29 is 9.53 Å². The van der Waals surface area contributed by atoms with E-state index >= 15 is 0 Å². The summed E-state index contributed by atoms with van der Waals surface area (Å²) in [6.45, 7) is 0.195. The minimum Gasteiger partial charge on any atom is -0.497 e. The van der Waals surface area contributed by atoms with Crippen LogP contribution in [-0.4, -0.2) is 31.6 Å². The largest absolute Gasteiger partial charge is 0.497 e. The summed E-state index contributed by atoms with van der Waals surface area (Å²) >= 11 is 0. The minimum absolute atomic E-state index is 0.126. The van der Waals surface area contributed by atoms with Crippen molar-refractivity contribution in [1.29, 1.82) is 0 Å². The van der Waals surface area contributed by atoms with Gasteiger partial charge in [0.25, 0.3) is 0 Å². The van der Waals surface area contributed by atoms with Crippen molar-refractivity contribution in [3.63, 3.8) is 0 Å². The van der Waals surface area contributed by atoms with E-state index in [1.54, 1.807) is 61.8 Å². The summed E-state index contributed by atoms with van der Waals surface area (Å²) in [5, 5.41) is 2.82. The van der Waals surface area contributed by atoms with E-state index < -0.39 is 0 Å². The summed E-state index contributed by atoms with van der Waals surface area (Å²) in [5.74, 6) is 0.619. The number of nitrogen functional groups attached to an aromatic ring is 1. The molecule has 0 saturated heterocycles. The van der Waals surface area contributed by atoms with E-state index in [1.165, 1.54) is 0 Å². The zero-order valence-corrected chi connectivity index (χ0v) is 12.0. The molecule has 2 rings (SSSR count). The van der Waals surface area contributed by atoms with Gasteiger partial charge < -0.3 is 20.7 Å². The smallest absolute Gasteiger partial charge is 0.243 e. The standard InChI is InChI=1S/C15H18N4O2/c1-19(14-7-8-17-9-13(14)16)10-15(20)18-11-3-5-12(21-2)6-4-11/h3-9H,10,16H2,1-2H3,(H,18,20). The Hall–Kier alpha value is -2.76. The molecule has 0 unspecified atom stereocenters. The summed E-state index contributed by atoms with van der Waals surface area (Å²) in [6, 6.07) is 8.94. The molecule has 6 heteroatoms. The van der Waals surface area contributed by atoms with Gasteiger partial charge in [0.05, 0.1) is 31.2 Å². The van der Waals surface area contributed by atoms with Crippen LogP contribution in [-0.2, 0) is 4.79 Å². The van der Waals surface area contributed by atoms with Gasteiger partial charge in [-0.1, -0.05) is 0 Å². The number of nitrogens with one attached hydrogen (secondary N) is 1. The summed E-state index contributed by atoms with van der Waals surface area (Å²) in [5.41, 5.74) is 7.86. The molecule has 1 aromatic heterocycles. The van der Waals surface area contributed by atoms with Crippen LogP contribution in [0, 0.1) is 0 Å². The molecular weight excluding hydrogens is 268 g/mol. The van der Waals surface area contributed by atoms with Crippen LogP contribution in [0.1, 0.15) is 0 Å². The highest BCUT2D eigenvalue weighted by atomic mass is 16.5. The fraction of sp³-hybridized carbons (Fsp3) is 0.200. The van der Waals surface area contributed by atoms with Crippen LogP contribution in [0.25, 0.3) is 0 Å². The summed E-state index contributed by atoms with van der Waals surface area (Å²) in [6.07, 6.45) is 3.21. The van der Waals surface area contributed by atoms with Gasteiger partial charge in [-0.3, -0.25) is 9.78 Å². The van der Waals surface area contributed by atoms with Gasteiger partial charge in [-0.2, -0.15) is 0 Å². The molecule has 1 amide bonds. The zero-order chi connectivity index (χ0) is 15.2. The Morgan fingerprint density at radius 3 is 2.67 bits per heavy atom. The van der Waals surface area contributed by atoms with Crippen molar-refractivity contribution in [2.45, 2.75) is 0 Å². The number of hydrogen-bond acceptors (Lipinski definition) is 5. The van der Waals surface area contributed by atoms with Gasteiger partial charge in [0.15, 0.2) is 0 Å². The average Bonchev–Trinajstić information content (AvgIpc) is 2.48. The number of hydrogen-bond donors (Lipinski definition) is 2. The number of ether oxygens (including phenoxy) is 1. The number of anilines is 3. The van der Waals surface area contributed by atoms with Crippen LogP contribution in [0.2, 0.25) is 0 Å². The first-order valence-electron chi connectivity index (χ1n) is 6.44. The number of pyridine rings is 1. The van der Waals surface area contributed by atoms with Crippen molar-refractivity contribution in [1.82, 2.24) is 4.98 Å². The fourth-order valence-corrected chi connectivity index (χ4v) is 1.92. The molecular formula is C15H18N4O2. The molecule has 6 nitrogen and oxygen atoms in total. The number of rotatable bonds is 5. The lowest BCUT2D eigenvalue weighted by Crippen LogP contribution is -2.30. The molecule has 0 aliphatic carbocycles. The molecule has 1 heterocycles. The highest BCUT2D eigenvalue weighted by molar-refractivity contribution is 5.94. The Bertz CT molecular complexity index is 613. The Balaban J connectivity index is 1.96. The van der Waals surface area contributed by atoms with E-state index in [1.807, 2.05) is 0 Å². The topological polar surface area (TPSA) is 80.5 Å². The maximum atomic E-state index is 12.0. The Kier molecular flexibility index (Phi) is 4.61. The SMILES string of the molecule is COc1ccc(NC(=O)CN(C)c2ccncc2N)cc1. The monoisotopic (exact) mass is 286 g/mol. The number of nitrogens with two attached hydrogens (primary N) is 1. The average molecular weight is 286 g/mol. The molecule has 3 N–H and O–H groups in total. The van der Waals surface area contributed by atoms with Gasteiger partial charge in [0.1, 0.15) is 5.75 Å². The molecule has 0 atom stereocenters. The number of amides is 1. The lowest BCUT2D eigenvalue weighted by molar-refractivity contribution is -0.114. The lowest BCUT2D eigenvalue weighted by atomic mass is 10.3. The van der Waals surface area contributed by atoms with E-state index in [4.69, 9.17) is 10.5 Å². The Morgan fingerprint density at radius 1 is 1.33 bits per heavy atom. The molecule has 110 valence electrons. The maximum absolute atomic E-state index is 12.0. The highest BCUT2D eigenvalue weighted by Crippen LogP contribution is 2.20. The molecule has 0 aliphatic heterocycles. The molecule has 0 fully saturated rings. The first-order valence-corrected chi connectivity index (χ1v) is 6.44. The number of methoxy groups -OCH3 is 1. The minimum atomic E-state index is -0.126. The molecule has 0 saturated carbocycles. The van der Waals surface area contributed by atoms with Gasteiger partial charge in [-0.25, -0.2) is 0 Å². The fourth-order valence-electron chi connectivity index (χ4n) is 1.92. The van der Waals surface area contributed by atoms with Gasteiger partial charge in [-0.05, 0) is 30.3 Å². The van der Waals surface area contributed by atoms with Crippen LogP contribution >= 0.6 is 0 Å². The maximum Gasteiger partial charge on any atom is 0.243 e. The number of nitrogens with zero attached hydrogens (tertiary/aromatic N) is 2. The molecule has 2 aromatic rings.